The van der Waals surface area contributed by atoms with Crippen molar-refractivity contribution >= 4 is 17.7 Å². The number of aromatic nitrogens is 1. The number of rotatable bonds is 4. The first kappa shape index (κ1) is 12.2. The van der Waals surface area contributed by atoms with E-state index in [-0.39, 0.29) is 0 Å². The van der Waals surface area contributed by atoms with Crippen molar-refractivity contribution in [2.45, 2.75) is 13.8 Å². The first-order valence-corrected chi connectivity index (χ1v) is 5.29. The molecule has 0 aliphatic heterocycles. The minimum absolute atomic E-state index is 0.965. The highest BCUT2D eigenvalue weighted by Crippen LogP contribution is 2.23. The summed E-state index contributed by atoms with van der Waals surface area (Å²) in [7, 11) is 0. The molecule has 82 valence electrons. The second-order valence-electron chi connectivity index (χ2n) is 3.42. The molecule has 0 aliphatic rings. The summed E-state index contributed by atoms with van der Waals surface area (Å²) in [5, 5.41) is 0. The van der Waals surface area contributed by atoms with Crippen molar-refractivity contribution in [3.8, 4) is 0 Å². The Morgan fingerprint density at radius 3 is 2.56 bits per heavy atom. The Morgan fingerprint density at radius 2 is 2.00 bits per heavy atom. The maximum Gasteiger partial charge on any atom is 0.0352 e. The Labute approximate surface area is 97.5 Å². The summed E-state index contributed by atoms with van der Waals surface area (Å²) in [6.07, 6.45) is 13.5. The first-order valence-electron chi connectivity index (χ1n) is 5.29. The molecule has 0 saturated carbocycles. The smallest absolute Gasteiger partial charge is 0.0352 e. The van der Waals surface area contributed by atoms with Crippen molar-refractivity contribution in [1.82, 2.24) is 4.98 Å². The topological polar surface area (TPSA) is 12.9 Å². The molecule has 0 spiro atoms. The van der Waals surface area contributed by atoms with Gasteiger partial charge in [0.2, 0.25) is 0 Å². The fourth-order valence-electron chi connectivity index (χ4n) is 1.55. The fraction of sp³-hybridized carbons (Fsp3) is 0.133. The molecule has 1 rings (SSSR count). The van der Waals surface area contributed by atoms with Crippen LogP contribution in [-0.4, -0.2) is 4.98 Å². The van der Waals surface area contributed by atoms with Crippen LogP contribution in [0.1, 0.15) is 30.5 Å². The van der Waals surface area contributed by atoms with Gasteiger partial charge in [0.05, 0.1) is 0 Å². The maximum absolute atomic E-state index is 4.20. The number of hydrogen-bond donors (Lipinski definition) is 0. The Bertz CT molecular complexity index is 451. The van der Waals surface area contributed by atoms with E-state index >= 15 is 0 Å². The number of hydrogen-bond acceptors (Lipinski definition) is 1. The number of pyridine rings is 1. The lowest BCUT2D eigenvalue weighted by Crippen LogP contribution is -1.91. The minimum Gasteiger partial charge on any atom is -0.263 e. The first-order chi connectivity index (χ1) is 7.74. The average molecular weight is 211 g/mol. The molecule has 0 bridgehead atoms. The summed E-state index contributed by atoms with van der Waals surface area (Å²) in [5.74, 6) is 0. The van der Waals surface area contributed by atoms with Crippen molar-refractivity contribution in [2.75, 3.05) is 0 Å². The van der Waals surface area contributed by atoms with Crippen molar-refractivity contribution in [3.63, 3.8) is 0 Å². The van der Waals surface area contributed by atoms with E-state index in [1.54, 1.807) is 0 Å². The molecule has 0 unspecified atom stereocenters. The second-order valence-corrected chi connectivity index (χ2v) is 3.42. The van der Waals surface area contributed by atoms with Crippen LogP contribution in [0.15, 0.2) is 43.8 Å². The number of nitrogens with zero attached hydrogens (tertiary/aromatic N) is 1. The largest absolute Gasteiger partial charge is 0.263 e. The molecule has 1 aromatic rings. The monoisotopic (exact) mass is 211 g/mol. The van der Waals surface area contributed by atoms with E-state index in [1.165, 1.54) is 0 Å². The zero-order chi connectivity index (χ0) is 12.0. The highest BCUT2D eigenvalue weighted by molar-refractivity contribution is 5.81. The van der Waals surface area contributed by atoms with Crippen LogP contribution in [0.25, 0.3) is 17.7 Å². The Hall–Kier alpha value is -1.89. The highest BCUT2D eigenvalue weighted by Gasteiger charge is 2.05. The third kappa shape index (κ3) is 2.57. The lowest BCUT2D eigenvalue weighted by molar-refractivity contribution is 1.29. The summed E-state index contributed by atoms with van der Waals surface area (Å²) < 4.78 is 0. The van der Waals surface area contributed by atoms with Crippen LogP contribution >= 0.6 is 0 Å². The van der Waals surface area contributed by atoms with E-state index < -0.39 is 0 Å². The maximum atomic E-state index is 4.20. The second kappa shape index (κ2) is 5.86. The van der Waals surface area contributed by atoms with Gasteiger partial charge in [0.1, 0.15) is 0 Å². The lowest BCUT2D eigenvalue weighted by atomic mass is 9.98. The molecule has 0 aliphatic carbocycles. The summed E-state index contributed by atoms with van der Waals surface area (Å²) in [4.78, 5) is 4.20. The van der Waals surface area contributed by atoms with Crippen LogP contribution in [0.2, 0.25) is 0 Å². The van der Waals surface area contributed by atoms with Crippen LogP contribution in [-0.2, 0) is 0 Å². The molecular weight excluding hydrogens is 194 g/mol. The summed E-state index contributed by atoms with van der Waals surface area (Å²) in [5.41, 5.74) is 4.16. The van der Waals surface area contributed by atoms with E-state index in [9.17, 15) is 0 Å². The molecule has 0 fully saturated rings. The molecule has 0 N–H and O–H groups in total. The van der Waals surface area contributed by atoms with Crippen LogP contribution in [0.4, 0.5) is 0 Å². The molecule has 1 heterocycles. The Kier molecular flexibility index (Phi) is 4.46. The zero-order valence-electron chi connectivity index (χ0n) is 9.90. The van der Waals surface area contributed by atoms with Gasteiger partial charge in [-0.1, -0.05) is 43.5 Å². The zero-order valence-corrected chi connectivity index (χ0v) is 9.90. The standard InChI is InChI=1S/C15H17N/c1-5-8-12(4)15-11-16-10-13(7-3)14(15)9-6-2/h5-11H,3-4H2,1-2H3. The Balaban J connectivity index is 3.37. The molecule has 0 aromatic carbocycles. The molecule has 1 nitrogen and oxygen atoms in total. The molecule has 1 aromatic heterocycles. The van der Waals surface area contributed by atoms with E-state index in [1.807, 2.05) is 50.5 Å². The SMILES string of the molecule is C=Cc1cncc(C(=C)C=CC)c1C=CC. The van der Waals surface area contributed by atoms with Gasteiger partial charge < -0.3 is 0 Å². The van der Waals surface area contributed by atoms with Gasteiger partial charge in [-0.3, -0.25) is 4.98 Å². The predicted molar refractivity (Wildman–Crippen MR) is 72.9 cm³/mol. The minimum atomic E-state index is 0.965. The summed E-state index contributed by atoms with van der Waals surface area (Å²) in [6.45, 7) is 11.8. The molecule has 0 atom stereocenters. The number of allylic oxidation sites excluding steroid dienone is 4. The van der Waals surface area contributed by atoms with Crippen molar-refractivity contribution < 1.29 is 0 Å². The predicted octanol–water partition coefficient (Wildman–Crippen LogP) is 4.35. The van der Waals surface area contributed by atoms with Crippen molar-refractivity contribution in [3.05, 3.63) is 60.5 Å². The Morgan fingerprint density at radius 1 is 1.25 bits per heavy atom. The molecular formula is C15H17N. The molecule has 0 amide bonds. The quantitative estimate of drug-likeness (QED) is 0.675. The summed E-state index contributed by atoms with van der Waals surface area (Å²) >= 11 is 0. The van der Waals surface area contributed by atoms with E-state index in [2.05, 4.69) is 24.2 Å². The van der Waals surface area contributed by atoms with E-state index in [0.29, 0.717) is 0 Å². The van der Waals surface area contributed by atoms with E-state index in [0.717, 1.165) is 22.3 Å². The third-order valence-corrected chi connectivity index (χ3v) is 2.29. The van der Waals surface area contributed by atoms with Gasteiger partial charge in [-0.15, -0.1) is 0 Å². The van der Waals surface area contributed by atoms with Gasteiger partial charge in [-0.05, 0) is 25.0 Å². The van der Waals surface area contributed by atoms with Gasteiger partial charge in [-0.25, -0.2) is 0 Å². The van der Waals surface area contributed by atoms with Crippen LogP contribution < -0.4 is 0 Å². The van der Waals surface area contributed by atoms with Gasteiger partial charge in [0.15, 0.2) is 0 Å². The molecule has 1 heteroatoms. The van der Waals surface area contributed by atoms with Gasteiger partial charge >= 0.3 is 0 Å². The van der Waals surface area contributed by atoms with Crippen molar-refractivity contribution in [1.29, 1.82) is 0 Å². The average Bonchev–Trinajstić information content (AvgIpc) is 2.30. The van der Waals surface area contributed by atoms with Crippen LogP contribution in [0.5, 0.6) is 0 Å². The summed E-state index contributed by atoms with van der Waals surface area (Å²) in [6, 6.07) is 0. The van der Waals surface area contributed by atoms with Gasteiger partial charge in [-0.2, -0.15) is 0 Å². The normalized spacial score (nSPS) is 11.1. The highest BCUT2D eigenvalue weighted by atomic mass is 14.6. The van der Waals surface area contributed by atoms with Crippen LogP contribution in [0.3, 0.4) is 0 Å². The molecule has 16 heavy (non-hydrogen) atoms. The lowest BCUT2D eigenvalue weighted by Gasteiger charge is -2.08. The van der Waals surface area contributed by atoms with Gasteiger partial charge in [0, 0.05) is 23.5 Å². The van der Waals surface area contributed by atoms with E-state index in [4.69, 9.17) is 0 Å². The van der Waals surface area contributed by atoms with Crippen LogP contribution in [0, 0.1) is 0 Å². The van der Waals surface area contributed by atoms with Gasteiger partial charge in [0.25, 0.3) is 0 Å². The van der Waals surface area contributed by atoms with Crippen molar-refractivity contribution in [2.24, 2.45) is 0 Å². The third-order valence-electron chi connectivity index (χ3n) is 2.29. The fourth-order valence-corrected chi connectivity index (χ4v) is 1.55. The molecule has 0 saturated heterocycles. The molecule has 0 radical (unpaired) electrons.